The Hall–Kier alpha value is -2.69. The summed E-state index contributed by atoms with van der Waals surface area (Å²) in [5.74, 6) is -0.482. The number of aromatic nitrogens is 1. The van der Waals surface area contributed by atoms with Crippen molar-refractivity contribution in [2.24, 2.45) is 0 Å². The largest absolute Gasteiger partial charge is 0.493 e. The summed E-state index contributed by atoms with van der Waals surface area (Å²) in [4.78, 5) is 4.28. The topological polar surface area (TPSA) is 35.3 Å². The smallest absolute Gasteiger partial charge is 0.230 e. The maximum absolute atomic E-state index is 14.0. The first-order valence-corrected chi connectivity index (χ1v) is 8.49. The second-order valence-electron chi connectivity index (χ2n) is 7.03. The Morgan fingerprint density at radius 2 is 1.77 bits per heavy atom. The molecule has 0 saturated carbocycles. The minimum atomic E-state index is -0.682. The van der Waals surface area contributed by atoms with Gasteiger partial charge in [0.05, 0.1) is 17.7 Å². The summed E-state index contributed by atoms with van der Waals surface area (Å²) in [5.41, 5.74) is 1.62. The molecule has 0 aliphatic heterocycles. The third-order valence-corrected chi connectivity index (χ3v) is 4.10. The SMILES string of the molecule is CCOc1cc(C(C)(C)C)ccc1-c1nc(-c2c(F)cccc2F)co1. The first kappa shape index (κ1) is 18.1. The maximum Gasteiger partial charge on any atom is 0.230 e. The summed E-state index contributed by atoms with van der Waals surface area (Å²) < 4.78 is 39.2. The van der Waals surface area contributed by atoms with Crippen molar-refractivity contribution in [2.45, 2.75) is 33.1 Å². The quantitative estimate of drug-likeness (QED) is 0.576. The number of rotatable bonds is 4. The summed E-state index contributed by atoms with van der Waals surface area (Å²) in [7, 11) is 0. The average molecular weight is 357 g/mol. The van der Waals surface area contributed by atoms with Crippen molar-refractivity contribution in [3.8, 4) is 28.5 Å². The van der Waals surface area contributed by atoms with Gasteiger partial charge in [-0.25, -0.2) is 13.8 Å². The predicted octanol–water partition coefficient (Wildman–Crippen LogP) is 5.98. The van der Waals surface area contributed by atoms with E-state index in [9.17, 15) is 8.78 Å². The van der Waals surface area contributed by atoms with Crippen LogP contribution in [0.4, 0.5) is 8.78 Å². The fourth-order valence-electron chi connectivity index (χ4n) is 2.70. The van der Waals surface area contributed by atoms with Gasteiger partial charge in [-0.15, -0.1) is 0 Å². The van der Waals surface area contributed by atoms with Crippen LogP contribution in [0.3, 0.4) is 0 Å². The molecule has 3 aromatic rings. The molecular weight excluding hydrogens is 336 g/mol. The highest BCUT2D eigenvalue weighted by Gasteiger charge is 2.21. The van der Waals surface area contributed by atoms with Gasteiger partial charge in [-0.2, -0.15) is 0 Å². The number of ether oxygens (including phenoxy) is 1. The zero-order valence-electron chi connectivity index (χ0n) is 15.3. The molecule has 26 heavy (non-hydrogen) atoms. The molecular formula is C21H21F2NO2. The van der Waals surface area contributed by atoms with E-state index < -0.39 is 11.6 Å². The van der Waals surface area contributed by atoms with Gasteiger partial charge in [-0.3, -0.25) is 0 Å². The molecule has 136 valence electrons. The molecule has 0 saturated heterocycles. The van der Waals surface area contributed by atoms with Gasteiger partial charge >= 0.3 is 0 Å². The van der Waals surface area contributed by atoms with Crippen molar-refractivity contribution in [1.82, 2.24) is 4.98 Å². The standard InChI is InChI=1S/C21H21F2NO2/c1-5-25-18-11-13(21(2,3)4)9-10-14(18)20-24-17(12-26-20)19-15(22)7-6-8-16(19)23/h6-12H,5H2,1-4H3. The lowest BCUT2D eigenvalue weighted by atomic mass is 9.86. The van der Waals surface area contributed by atoms with Crippen molar-refractivity contribution < 1.29 is 17.9 Å². The molecule has 3 nitrogen and oxygen atoms in total. The number of oxazole rings is 1. The number of hydrogen-bond acceptors (Lipinski definition) is 3. The van der Waals surface area contributed by atoms with E-state index in [-0.39, 0.29) is 22.6 Å². The average Bonchev–Trinajstić information content (AvgIpc) is 3.03. The Morgan fingerprint density at radius 3 is 2.38 bits per heavy atom. The molecule has 0 fully saturated rings. The Bertz CT molecular complexity index is 906. The van der Waals surface area contributed by atoms with E-state index in [0.29, 0.717) is 17.9 Å². The van der Waals surface area contributed by atoms with Crippen LogP contribution in [0.2, 0.25) is 0 Å². The van der Waals surface area contributed by atoms with Gasteiger partial charge in [0.25, 0.3) is 0 Å². The Balaban J connectivity index is 2.06. The number of halogens is 2. The van der Waals surface area contributed by atoms with Crippen LogP contribution in [-0.2, 0) is 5.41 Å². The molecule has 1 heterocycles. The minimum absolute atomic E-state index is 0.0393. The highest BCUT2D eigenvalue weighted by molar-refractivity contribution is 5.68. The lowest BCUT2D eigenvalue weighted by molar-refractivity contribution is 0.339. The molecule has 0 N–H and O–H groups in total. The van der Waals surface area contributed by atoms with Gasteiger partial charge in [-0.1, -0.05) is 32.9 Å². The summed E-state index contributed by atoms with van der Waals surface area (Å²) in [6.45, 7) is 8.71. The van der Waals surface area contributed by atoms with E-state index in [1.807, 2.05) is 25.1 Å². The van der Waals surface area contributed by atoms with Crippen LogP contribution in [0.5, 0.6) is 5.75 Å². The van der Waals surface area contributed by atoms with Gasteiger partial charge in [0.2, 0.25) is 5.89 Å². The van der Waals surface area contributed by atoms with E-state index in [2.05, 4.69) is 25.8 Å². The van der Waals surface area contributed by atoms with Gasteiger partial charge in [0, 0.05) is 0 Å². The third kappa shape index (κ3) is 3.47. The van der Waals surface area contributed by atoms with Crippen LogP contribution in [0.15, 0.2) is 47.1 Å². The molecule has 0 aliphatic rings. The fraction of sp³-hybridized carbons (Fsp3) is 0.286. The Morgan fingerprint density at radius 1 is 1.08 bits per heavy atom. The van der Waals surface area contributed by atoms with Gasteiger partial charge in [0.15, 0.2) is 0 Å². The molecule has 0 radical (unpaired) electrons. The molecule has 0 bridgehead atoms. The lowest BCUT2D eigenvalue weighted by Gasteiger charge is -2.20. The Labute approximate surface area is 151 Å². The van der Waals surface area contributed by atoms with Crippen LogP contribution in [0.1, 0.15) is 33.3 Å². The highest BCUT2D eigenvalue weighted by atomic mass is 19.1. The molecule has 0 atom stereocenters. The monoisotopic (exact) mass is 357 g/mol. The van der Waals surface area contributed by atoms with Crippen LogP contribution < -0.4 is 4.74 Å². The molecule has 1 aromatic heterocycles. The normalized spacial score (nSPS) is 11.6. The number of hydrogen-bond donors (Lipinski definition) is 0. The zero-order chi connectivity index (χ0) is 18.9. The molecule has 0 spiro atoms. The van der Waals surface area contributed by atoms with Crippen molar-refractivity contribution in [3.05, 3.63) is 59.9 Å². The van der Waals surface area contributed by atoms with Crippen molar-refractivity contribution >= 4 is 0 Å². The van der Waals surface area contributed by atoms with Gasteiger partial charge in [-0.05, 0) is 42.2 Å². The first-order chi connectivity index (χ1) is 12.3. The van der Waals surface area contributed by atoms with E-state index in [4.69, 9.17) is 9.15 Å². The maximum atomic E-state index is 14.0. The van der Waals surface area contributed by atoms with Crippen LogP contribution >= 0.6 is 0 Å². The van der Waals surface area contributed by atoms with Crippen LogP contribution in [-0.4, -0.2) is 11.6 Å². The van der Waals surface area contributed by atoms with Crippen molar-refractivity contribution in [2.75, 3.05) is 6.61 Å². The van der Waals surface area contributed by atoms with E-state index >= 15 is 0 Å². The number of nitrogens with zero attached hydrogens (tertiary/aromatic N) is 1. The molecule has 0 unspecified atom stereocenters. The summed E-state index contributed by atoms with van der Waals surface area (Å²) in [5, 5.41) is 0. The second-order valence-corrected chi connectivity index (χ2v) is 7.03. The van der Waals surface area contributed by atoms with E-state index in [0.717, 1.165) is 5.56 Å². The van der Waals surface area contributed by atoms with Gasteiger partial charge in [0.1, 0.15) is 29.3 Å². The summed E-state index contributed by atoms with van der Waals surface area (Å²) in [6.07, 6.45) is 1.25. The summed E-state index contributed by atoms with van der Waals surface area (Å²) in [6, 6.07) is 9.48. The third-order valence-electron chi connectivity index (χ3n) is 4.10. The van der Waals surface area contributed by atoms with Crippen LogP contribution in [0.25, 0.3) is 22.7 Å². The van der Waals surface area contributed by atoms with Crippen LogP contribution in [0, 0.1) is 11.6 Å². The van der Waals surface area contributed by atoms with E-state index in [1.165, 1.54) is 24.5 Å². The second kappa shape index (κ2) is 6.90. The van der Waals surface area contributed by atoms with Gasteiger partial charge < -0.3 is 9.15 Å². The Kier molecular flexibility index (Phi) is 4.81. The highest BCUT2D eigenvalue weighted by Crippen LogP contribution is 2.36. The lowest BCUT2D eigenvalue weighted by Crippen LogP contribution is -2.11. The molecule has 3 rings (SSSR count). The number of benzene rings is 2. The fourth-order valence-corrected chi connectivity index (χ4v) is 2.70. The molecule has 2 aromatic carbocycles. The van der Waals surface area contributed by atoms with Crippen molar-refractivity contribution in [1.29, 1.82) is 0 Å². The molecule has 0 amide bonds. The van der Waals surface area contributed by atoms with E-state index in [1.54, 1.807) is 0 Å². The minimum Gasteiger partial charge on any atom is -0.493 e. The van der Waals surface area contributed by atoms with Crippen molar-refractivity contribution in [3.63, 3.8) is 0 Å². The molecule has 5 heteroatoms. The first-order valence-electron chi connectivity index (χ1n) is 8.49. The summed E-state index contributed by atoms with van der Waals surface area (Å²) >= 11 is 0. The molecule has 0 aliphatic carbocycles. The zero-order valence-corrected chi connectivity index (χ0v) is 15.3. The predicted molar refractivity (Wildman–Crippen MR) is 97.2 cm³/mol.